The summed E-state index contributed by atoms with van der Waals surface area (Å²) in [6.45, 7) is 6.60. The molecule has 0 radical (unpaired) electrons. The quantitative estimate of drug-likeness (QED) is 0.705. The van der Waals surface area contributed by atoms with Crippen LogP contribution in [0.3, 0.4) is 0 Å². The number of rotatable bonds is 9. The maximum absolute atomic E-state index is 12.1. The van der Waals surface area contributed by atoms with Gasteiger partial charge in [0, 0.05) is 32.2 Å². The van der Waals surface area contributed by atoms with Gasteiger partial charge >= 0.3 is 0 Å². The van der Waals surface area contributed by atoms with Crippen LogP contribution < -0.4 is 5.73 Å². The maximum Gasteiger partial charge on any atom is 0.222 e. The summed E-state index contributed by atoms with van der Waals surface area (Å²) >= 11 is 0. The number of nitrogens with zero attached hydrogens (tertiary/aromatic N) is 1. The number of hydrogen-bond donors (Lipinski definition) is 1. The third-order valence-electron chi connectivity index (χ3n) is 3.34. The van der Waals surface area contributed by atoms with E-state index in [4.69, 9.17) is 10.5 Å². The highest BCUT2D eigenvalue weighted by molar-refractivity contribution is 5.76. The minimum absolute atomic E-state index is 0.0780. The van der Waals surface area contributed by atoms with Gasteiger partial charge in [0.05, 0.1) is 6.61 Å². The zero-order valence-corrected chi connectivity index (χ0v) is 12.5. The summed E-state index contributed by atoms with van der Waals surface area (Å²) in [5, 5.41) is 0. The van der Waals surface area contributed by atoms with Crippen LogP contribution in [0.4, 0.5) is 0 Å². The Kier molecular flexibility index (Phi) is 7.92. The van der Waals surface area contributed by atoms with E-state index < -0.39 is 0 Å². The molecule has 0 bridgehead atoms. The van der Waals surface area contributed by atoms with Crippen molar-refractivity contribution in [2.24, 2.45) is 5.73 Å². The van der Waals surface area contributed by atoms with E-state index in [9.17, 15) is 4.79 Å². The molecule has 0 saturated carbocycles. The van der Waals surface area contributed by atoms with Gasteiger partial charge in [0.1, 0.15) is 0 Å². The van der Waals surface area contributed by atoms with Crippen molar-refractivity contribution < 1.29 is 9.53 Å². The van der Waals surface area contributed by atoms with Crippen LogP contribution in [0.25, 0.3) is 0 Å². The van der Waals surface area contributed by atoms with Crippen LogP contribution in [0.2, 0.25) is 0 Å². The molecule has 0 heterocycles. The number of carbonyl (C=O) groups is 1. The first-order valence-electron chi connectivity index (χ1n) is 7.35. The molecule has 1 aromatic rings. The summed E-state index contributed by atoms with van der Waals surface area (Å²) < 4.78 is 5.29. The van der Waals surface area contributed by atoms with E-state index in [-0.39, 0.29) is 11.9 Å². The standard InChI is InChI=1S/C16H26N2O2/c1-3-18(12-13-20-4-2)16(19)11-10-15(17)14-8-6-5-7-9-14/h5-9,15H,3-4,10-13,17H2,1-2H3. The molecule has 4 heteroatoms. The van der Waals surface area contributed by atoms with Gasteiger partial charge in [0.15, 0.2) is 0 Å². The molecule has 1 unspecified atom stereocenters. The molecule has 0 aromatic heterocycles. The Morgan fingerprint density at radius 3 is 2.60 bits per heavy atom. The topological polar surface area (TPSA) is 55.6 Å². The van der Waals surface area contributed by atoms with Crippen LogP contribution >= 0.6 is 0 Å². The van der Waals surface area contributed by atoms with Crippen molar-refractivity contribution in [1.82, 2.24) is 4.90 Å². The van der Waals surface area contributed by atoms with E-state index >= 15 is 0 Å². The minimum atomic E-state index is -0.0780. The molecule has 20 heavy (non-hydrogen) atoms. The molecule has 0 aliphatic heterocycles. The van der Waals surface area contributed by atoms with Crippen molar-refractivity contribution in [2.45, 2.75) is 32.7 Å². The van der Waals surface area contributed by atoms with Gasteiger partial charge in [0.25, 0.3) is 0 Å². The lowest BCUT2D eigenvalue weighted by molar-refractivity contribution is -0.131. The molecular weight excluding hydrogens is 252 g/mol. The molecule has 1 rings (SSSR count). The Balaban J connectivity index is 2.37. The molecule has 0 spiro atoms. The van der Waals surface area contributed by atoms with E-state index in [0.29, 0.717) is 39.1 Å². The third kappa shape index (κ3) is 5.72. The van der Waals surface area contributed by atoms with Crippen molar-refractivity contribution in [3.8, 4) is 0 Å². The highest BCUT2D eigenvalue weighted by atomic mass is 16.5. The monoisotopic (exact) mass is 278 g/mol. The Labute approximate surface area is 121 Å². The smallest absolute Gasteiger partial charge is 0.222 e. The number of likely N-dealkylation sites (N-methyl/N-ethyl adjacent to an activating group) is 1. The molecule has 1 aromatic carbocycles. The normalized spacial score (nSPS) is 12.2. The van der Waals surface area contributed by atoms with Crippen LogP contribution in [-0.2, 0) is 9.53 Å². The predicted molar refractivity (Wildman–Crippen MR) is 81.4 cm³/mol. The predicted octanol–water partition coefficient (Wildman–Crippen LogP) is 2.35. The Bertz CT molecular complexity index is 381. The second kappa shape index (κ2) is 9.50. The van der Waals surface area contributed by atoms with E-state index in [0.717, 1.165) is 5.56 Å². The lowest BCUT2D eigenvalue weighted by atomic mass is 10.0. The Morgan fingerprint density at radius 2 is 2.00 bits per heavy atom. The van der Waals surface area contributed by atoms with Crippen molar-refractivity contribution in [3.63, 3.8) is 0 Å². The summed E-state index contributed by atoms with van der Waals surface area (Å²) in [7, 11) is 0. The van der Waals surface area contributed by atoms with Crippen molar-refractivity contribution in [2.75, 3.05) is 26.3 Å². The van der Waals surface area contributed by atoms with E-state index in [1.165, 1.54) is 0 Å². The average molecular weight is 278 g/mol. The van der Waals surface area contributed by atoms with Gasteiger partial charge in [0.2, 0.25) is 5.91 Å². The summed E-state index contributed by atoms with van der Waals surface area (Å²) in [5.41, 5.74) is 7.19. The highest BCUT2D eigenvalue weighted by Crippen LogP contribution is 2.15. The fourth-order valence-electron chi connectivity index (χ4n) is 2.08. The number of nitrogens with two attached hydrogens (primary N) is 1. The number of hydrogen-bond acceptors (Lipinski definition) is 3. The number of carbonyl (C=O) groups excluding carboxylic acids is 1. The number of ether oxygens (including phenoxy) is 1. The van der Waals surface area contributed by atoms with Crippen LogP contribution in [0.5, 0.6) is 0 Å². The summed E-state index contributed by atoms with van der Waals surface area (Å²) in [5.74, 6) is 0.151. The average Bonchev–Trinajstić information content (AvgIpc) is 2.50. The van der Waals surface area contributed by atoms with Gasteiger partial charge in [-0.1, -0.05) is 30.3 Å². The van der Waals surface area contributed by atoms with Crippen molar-refractivity contribution in [3.05, 3.63) is 35.9 Å². The molecule has 4 nitrogen and oxygen atoms in total. The fourth-order valence-corrected chi connectivity index (χ4v) is 2.08. The first-order chi connectivity index (χ1) is 9.69. The van der Waals surface area contributed by atoms with Crippen molar-refractivity contribution in [1.29, 1.82) is 0 Å². The Hall–Kier alpha value is -1.39. The molecule has 0 aliphatic rings. The minimum Gasteiger partial charge on any atom is -0.380 e. The van der Waals surface area contributed by atoms with Gasteiger partial charge in [-0.2, -0.15) is 0 Å². The molecule has 2 N–H and O–H groups in total. The SMILES string of the molecule is CCOCCN(CC)C(=O)CCC(N)c1ccccc1. The second-order valence-corrected chi connectivity index (χ2v) is 4.73. The van der Waals surface area contributed by atoms with Gasteiger partial charge in [-0.05, 0) is 25.8 Å². The fraction of sp³-hybridized carbons (Fsp3) is 0.562. The zero-order chi connectivity index (χ0) is 14.8. The maximum atomic E-state index is 12.1. The molecule has 1 atom stereocenters. The van der Waals surface area contributed by atoms with Crippen LogP contribution in [0.1, 0.15) is 38.3 Å². The van der Waals surface area contributed by atoms with E-state index in [1.54, 1.807) is 0 Å². The first-order valence-corrected chi connectivity index (χ1v) is 7.35. The third-order valence-corrected chi connectivity index (χ3v) is 3.34. The van der Waals surface area contributed by atoms with Gasteiger partial charge in [-0.25, -0.2) is 0 Å². The lowest BCUT2D eigenvalue weighted by Gasteiger charge is -2.21. The number of amides is 1. The first kappa shape index (κ1) is 16.7. The largest absolute Gasteiger partial charge is 0.380 e. The summed E-state index contributed by atoms with van der Waals surface area (Å²) in [6.07, 6.45) is 1.16. The van der Waals surface area contributed by atoms with Crippen LogP contribution in [0.15, 0.2) is 30.3 Å². The van der Waals surface area contributed by atoms with Crippen LogP contribution in [-0.4, -0.2) is 37.1 Å². The van der Waals surface area contributed by atoms with Crippen molar-refractivity contribution >= 4 is 5.91 Å². The molecular formula is C16H26N2O2. The van der Waals surface area contributed by atoms with Crippen LogP contribution in [0, 0.1) is 0 Å². The zero-order valence-electron chi connectivity index (χ0n) is 12.5. The van der Waals surface area contributed by atoms with E-state index in [1.807, 2.05) is 49.1 Å². The molecule has 1 amide bonds. The van der Waals surface area contributed by atoms with Gasteiger partial charge < -0.3 is 15.4 Å². The van der Waals surface area contributed by atoms with Gasteiger partial charge in [-0.3, -0.25) is 4.79 Å². The lowest BCUT2D eigenvalue weighted by Crippen LogP contribution is -2.34. The second-order valence-electron chi connectivity index (χ2n) is 4.73. The molecule has 0 fully saturated rings. The molecule has 0 aliphatic carbocycles. The van der Waals surface area contributed by atoms with Gasteiger partial charge in [-0.15, -0.1) is 0 Å². The highest BCUT2D eigenvalue weighted by Gasteiger charge is 2.14. The summed E-state index contributed by atoms with van der Waals surface area (Å²) in [4.78, 5) is 13.9. The molecule has 112 valence electrons. The van der Waals surface area contributed by atoms with E-state index in [2.05, 4.69) is 0 Å². The number of benzene rings is 1. The molecule has 0 saturated heterocycles. The Morgan fingerprint density at radius 1 is 1.30 bits per heavy atom. The summed E-state index contributed by atoms with van der Waals surface area (Å²) in [6, 6.07) is 9.83.